The summed E-state index contributed by atoms with van der Waals surface area (Å²) in [6, 6.07) is 23.2. The molecule has 1 unspecified atom stereocenters. The number of ether oxygens (including phenoxy) is 1. The van der Waals surface area contributed by atoms with Gasteiger partial charge in [0.15, 0.2) is 0 Å². The number of amides is 1. The highest BCUT2D eigenvalue weighted by Gasteiger charge is 2.31. The van der Waals surface area contributed by atoms with Gasteiger partial charge in [-0.2, -0.15) is 0 Å². The van der Waals surface area contributed by atoms with Crippen molar-refractivity contribution < 1.29 is 13.9 Å². The van der Waals surface area contributed by atoms with Gasteiger partial charge in [-0.1, -0.05) is 42.5 Å². The van der Waals surface area contributed by atoms with Gasteiger partial charge in [0.2, 0.25) is 5.91 Å². The highest BCUT2D eigenvalue weighted by Crippen LogP contribution is 2.30. The first-order valence-corrected chi connectivity index (χ1v) is 10.4. The van der Waals surface area contributed by atoms with Crippen LogP contribution >= 0.6 is 0 Å². The predicted octanol–water partition coefficient (Wildman–Crippen LogP) is 4.34. The smallest absolute Gasteiger partial charge is 0.246 e. The molecule has 0 spiro atoms. The minimum Gasteiger partial charge on any atom is -0.495 e. The lowest BCUT2D eigenvalue weighted by molar-refractivity contribution is -0.121. The summed E-state index contributed by atoms with van der Waals surface area (Å²) in [5, 5.41) is 2.95. The van der Waals surface area contributed by atoms with Crippen molar-refractivity contribution in [2.45, 2.75) is 6.04 Å². The lowest BCUT2D eigenvalue weighted by Gasteiger charge is -2.40. The van der Waals surface area contributed by atoms with E-state index in [0.29, 0.717) is 5.69 Å². The fourth-order valence-corrected chi connectivity index (χ4v) is 4.02. The normalized spacial score (nSPS) is 15.4. The fourth-order valence-electron chi connectivity index (χ4n) is 4.02. The topological polar surface area (TPSA) is 44.8 Å². The van der Waals surface area contributed by atoms with Crippen LogP contribution in [-0.2, 0) is 4.79 Å². The van der Waals surface area contributed by atoms with E-state index < -0.39 is 6.04 Å². The lowest BCUT2D eigenvalue weighted by atomic mass is 10.0. The number of carbonyl (C=O) groups is 1. The molecule has 0 radical (unpaired) electrons. The molecule has 6 heteroatoms. The minimum absolute atomic E-state index is 0.122. The van der Waals surface area contributed by atoms with Crippen LogP contribution in [0.25, 0.3) is 0 Å². The molecule has 3 aromatic rings. The predicted molar refractivity (Wildman–Crippen MR) is 121 cm³/mol. The number of halogens is 1. The van der Waals surface area contributed by atoms with Crippen molar-refractivity contribution >= 4 is 17.3 Å². The van der Waals surface area contributed by atoms with E-state index in [0.717, 1.165) is 43.2 Å². The molecule has 1 atom stereocenters. The van der Waals surface area contributed by atoms with E-state index in [1.807, 2.05) is 48.5 Å². The van der Waals surface area contributed by atoms with E-state index in [-0.39, 0.29) is 11.7 Å². The molecular weight excluding hydrogens is 393 g/mol. The molecule has 0 bridgehead atoms. The minimum atomic E-state index is -0.425. The van der Waals surface area contributed by atoms with Crippen LogP contribution < -0.4 is 15.0 Å². The summed E-state index contributed by atoms with van der Waals surface area (Å²) in [5.74, 6) is 0.401. The van der Waals surface area contributed by atoms with Crippen LogP contribution in [0.2, 0.25) is 0 Å². The third-order valence-electron chi connectivity index (χ3n) is 5.58. The van der Waals surface area contributed by atoms with Crippen LogP contribution in [0.3, 0.4) is 0 Å². The summed E-state index contributed by atoms with van der Waals surface area (Å²) >= 11 is 0. The van der Waals surface area contributed by atoms with Gasteiger partial charge < -0.3 is 15.0 Å². The molecule has 0 aromatic heterocycles. The Labute approximate surface area is 182 Å². The molecule has 1 saturated heterocycles. The molecule has 1 fully saturated rings. The molecule has 1 aliphatic heterocycles. The van der Waals surface area contributed by atoms with Gasteiger partial charge in [-0.25, -0.2) is 4.39 Å². The molecule has 1 amide bonds. The molecular formula is C25H26FN3O2. The van der Waals surface area contributed by atoms with Gasteiger partial charge in [-0.15, -0.1) is 0 Å². The van der Waals surface area contributed by atoms with Gasteiger partial charge >= 0.3 is 0 Å². The van der Waals surface area contributed by atoms with Crippen molar-refractivity contribution in [1.82, 2.24) is 4.90 Å². The van der Waals surface area contributed by atoms with Crippen molar-refractivity contribution in [3.63, 3.8) is 0 Å². The van der Waals surface area contributed by atoms with E-state index in [1.54, 1.807) is 19.2 Å². The molecule has 0 saturated carbocycles. The highest BCUT2D eigenvalue weighted by atomic mass is 19.1. The van der Waals surface area contributed by atoms with Crippen molar-refractivity contribution in [1.29, 1.82) is 0 Å². The first-order valence-electron chi connectivity index (χ1n) is 10.4. The van der Waals surface area contributed by atoms with E-state index in [1.165, 1.54) is 12.1 Å². The number of hydrogen-bond acceptors (Lipinski definition) is 4. The van der Waals surface area contributed by atoms with E-state index >= 15 is 0 Å². The molecule has 5 nitrogen and oxygen atoms in total. The molecule has 31 heavy (non-hydrogen) atoms. The van der Waals surface area contributed by atoms with E-state index in [2.05, 4.69) is 21.2 Å². The summed E-state index contributed by atoms with van der Waals surface area (Å²) in [7, 11) is 1.68. The monoisotopic (exact) mass is 419 g/mol. The maximum absolute atomic E-state index is 13.3. The number of methoxy groups -OCH3 is 1. The summed E-state index contributed by atoms with van der Waals surface area (Å²) in [5.41, 5.74) is 2.59. The van der Waals surface area contributed by atoms with Crippen LogP contribution in [0.5, 0.6) is 5.75 Å². The van der Waals surface area contributed by atoms with Crippen LogP contribution in [0.15, 0.2) is 78.9 Å². The largest absolute Gasteiger partial charge is 0.495 e. The number of para-hydroxylation sites is 2. The molecule has 1 aliphatic rings. The lowest BCUT2D eigenvalue weighted by Crippen LogP contribution is -2.50. The van der Waals surface area contributed by atoms with Crippen LogP contribution in [0, 0.1) is 5.82 Å². The fraction of sp³-hybridized carbons (Fsp3) is 0.240. The van der Waals surface area contributed by atoms with Gasteiger partial charge in [0.05, 0.1) is 12.8 Å². The van der Waals surface area contributed by atoms with E-state index in [4.69, 9.17) is 4.74 Å². The molecule has 4 rings (SSSR count). The maximum atomic E-state index is 13.3. The summed E-state index contributed by atoms with van der Waals surface area (Å²) in [6.07, 6.45) is 0. The average Bonchev–Trinajstić information content (AvgIpc) is 2.82. The second kappa shape index (κ2) is 9.62. The first-order chi connectivity index (χ1) is 15.2. The van der Waals surface area contributed by atoms with Crippen molar-refractivity contribution in [2.75, 3.05) is 43.5 Å². The third-order valence-corrected chi connectivity index (χ3v) is 5.58. The highest BCUT2D eigenvalue weighted by molar-refractivity contribution is 5.95. The van der Waals surface area contributed by atoms with Crippen LogP contribution in [0.4, 0.5) is 15.8 Å². The zero-order chi connectivity index (χ0) is 21.6. The Morgan fingerprint density at radius 3 is 2.23 bits per heavy atom. The number of benzene rings is 3. The van der Waals surface area contributed by atoms with Gasteiger partial charge in [-0.3, -0.25) is 9.69 Å². The third kappa shape index (κ3) is 4.86. The first kappa shape index (κ1) is 20.9. The number of piperazine rings is 1. The number of nitrogens with zero attached hydrogens (tertiary/aromatic N) is 2. The second-order valence-electron chi connectivity index (χ2n) is 7.50. The summed E-state index contributed by atoms with van der Waals surface area (Å²) < 4.78 is 18.7. The Morgan fingerprint density at radius 1 is 0.903 bits per heavy atom. The Kier molecular flexibility index (Phi) is 6.48. The second-order valence-corrected chi connectivity index (χ2v) is 7.50. The summed E-state index contributed by atoms with van der Waals surface area (Å²) in [4.78, 5) is 17.8. The SMILES string of the molecule is COc1ccccc1N1CCN(C(C(=O)Nc2ccc(F)cc2)c2ccccc2)CC1. The van der Waals surface area contributed by atoms with Crippen LogP contribution in [0.1, 0.15) is 11.6 Å². The quantitative estimate of drug-likeness (QED) is 0.646. The molecule has 1 heterocycles. The maximum Gasteiger partial charge on any atom is 0.246 e. The average molecular weight is 420 g/mol. The number of anilines is 2. The van der Waals surface area contributed by atoms with Gasteiger partial charge in [0, 0.05) is 31.9 Å². The van der Waals surface area contributed by atoms with E-state index in [9.17, 15) is 9.18 Å². The molecule has 160 valence electrons. The number of hydrogen-bond donors (Lipinski definition) is 1. The van der Waals surface area contributed by atoms with Crippen LogP contribution in [-0.4, -0.2) is 44.1 Å². The van der Waals surface area contributed by atoms with Crippen molar-refractivity contribution in [3.05, 3.63) is 90.2 Å². The molecule has 3 aromatic carbocycles. The number of rotatable bonds is 6. The molecule has 1 N–H and O–H groups in total. The van der Waals surface area contributed by atoms with Crippen molar-refractivity contribution in [3.8, 4) is 5.75 Å². The van der Waals surface area contributed by atoms with Gasteiger partial charge in [0.1, 0.15) is 17.6 Å². The van der Waals surface area contributed by atoms with Crippen molar-refractivity contribution in [2.24, 2.45) is 0 Å². The van der Waals surface area contributed by atoms with Gasteiger partial charge in [-0.05, 0) is 42.0 Å². The zero-order valence-electron chi connectivity index (χ0n) is 17.5. The molecule has 0 aliphatic carbocycles. The zero-order valence-corrected chi connectivity index (χ0v) is 17.5. The number of carbonyl (C=O) groups excluding carboxylic acids is 1. The Balaban J connectivity index is 1.51. The van der Waals surface area contributed by atoms with Gasteiger partial charge in [0.25, 0.3) is 0 Å². The Morgan fingerprint density at radius 2 is 1.55 bits per heavy atom. The summed E-state index contributed by atoms with van der Waals surface area (Å²) in [6.45, 7) is 3.03. The Bertz CT molecular complexity index is 1000. The number of nitrogens with one attached hydrogen (secondary N) is 1. The Hall–Kier alpha value is -3.38. The standard InChI is InChI=1S/C25H26FN3O2/c1-31-23-10-6-5-9-22(23)28-15-17-29(18-16-28)24(19-7-3-2-4-8-19)25(30)27-21-13-11-20(26)12-14-21/h2-14,24H,15-18H2,1H3,(H,27,30).